The summed E-state index contributed by atoms with van der Waals surface area (Å²) in [5.74, 6) is 0.768. The number of fused-ring (bicyclic) bond motifs is 1. The van der Waals surface area contributed by atoms with Crippen LogP contribution in [0.15, 0.2) is 93.2 Å². The standard InChI is InChI=1S/C24H22N4O2S/c1-18(14-20-10-7-13-30-20)15-25-27-23(29)17-31-24-26-21-11-5-6-12-22(21)28(24)16-19-8-3-2-4-9-19/h2-15H,16-17H2,1H3,(H,27,29)/b18-14+,25-15-. The summed E-state index contributed by atoms with van der Waals surface area (Å²) in [6, 6.07) is 21.9. The van der Waals surface area contributed by atoms with E-state index in [1.807, 2.05) is 67.6 Å². The Labute approximate surface area is 184 Å². The van der Waals surface area contributed by atoms with E-state index in [4.69, 9.17) is 9.40 Å². The quantitative estimate of drug-likeness (QED) is 0.243. The molecule has 0 saturated heterocycles. The van der Waals surface area contributed by atoms with Gasteiger partial charge in [0.25, 0.3) is 5.91 Å². The van der Waals surface area contributed by atoms with Crippen LogP contribution in [0.5, 0.6) is 0 Å². The van der Waals surface area contributed by atoms with Crippen molar-refractivity contribution in [2.45, 2.75) is 18.6 Å². The number of carbonyl (C=O) groups excluding carboxylic acids is 1. The molecule has 0 fully saturated rings. The van der Waals surface area contributed by atoms with Crippen LogP contribution in [-0.2, 0) is 11.3 Å². The lowest BCUT2D eigenvalue weighted by molar-refractivity contribution is -0.118. The number of furan rings is 1. The summed E-state index contributed by atoms with van der Waals surface area (Å²) >= 11 is 1.40. The number of thioether (sulfide) groups is 1. The van der Waals surface area contributed by atoms with Crippen molar-refractivity contribution in [3.05, 3.63) is 89.9 Å². The number of para-hydroxylation sites is 2. The molecule has 2 aromatic heterocycles. The Bertz CT molecular complexity index is 1210. The van der Waals surface area contributed by atoms with Crippen LogP contribution in [0.3, 0.4) is 0 Å². The molecule has 0 saturated carbocycles. The van der Waals surface area contributed by atoms with Gasteiger partial charge in [-0.15, -0.1) is 0 Å². The third kappa shape index (κ3) is 5.52. The first-order chi connectivity index (χ1) is 15.2. The number of hydrogen-bond donors (Lipinski definition) is 1. The van der Waals surface area contributed by atoms with Gasteiger partial charge in [-0.2, -0.15) is 5.10 Å². The third-order valence-corrected chi connectivity index (χ3v) is 5.48. The molecule has 1 N–H and O–H groups in total. The maximum Gasteiger partial charge on any atom is 0.250 e. The highest BCUT2D eigenvalue weighted by Crippen LogP contribution is 2.25. The summed E-state index contributed by atoms with van der Waals surface area (Å²) in [6.07, 6.45) is 5.05. The first-order valence-corrected chi connectivity index (χ1v) is 10.8. The van der Waals surface area contributed by atoms with Crippen molar-refractivity contribution in [3.63, 3.8) is 0 Å². The Hall–Kier alpha value is -3.58. The minimum Gasteiger partial charge on any atom is -0.465 e. The summed E-state index contributed by atoms with van der Waals surface area (Å²) in [6.45, 7) is 2.58. The molecule has 1 amide bonds. The highest BCUT2D eigenvalue weighted by molar-refractivity contribution is 7.99. The molecular weight excluding hydrogens is 408 g/mol. The number of carbonyl (C=O) groups is 1. The van der Waals surface area contributed by atoms with Crippen LogP contribution in [0.1, 0.15) is 18.2 Å². The molecule has 0 aliphatic carbocycles. The molecule has 31 heavy (non-hydrogen) atoms. The van der Waals surface area contributed by atoms with Crippen molar-refractivity contribution in [1.29, 1.82) is 0 Å². The van der Waals surface area contributed by atoms with Gasteiger partial charge in [-0.05, 0) is 48.4 Å². The Kier molecular flexibility index (Phi) is 6.64. The van der Waals surface area contributed by atoms with Crippen molar-refractivity contribution in [2.24, 2.45) is 5.10 Å². The van der Waals surface area contributed by atoms with Gasteiger partial charge in [0.15, 0.2) is 5.16 Å². The number of nitrogens with zero attached hydrogens (tertiary/aromatic N) is 3. The van der Waals surface area contributed by atoms with E-state index in [0.29, 0.717) is 6.54 Å². The molecule has 0 radical (unpaired) electrons. The molecule has 0 bridgehead atoms. The van der Waals surface area contributed by atoms with Crippen LogP contribution in [0.4, 0.5) is 0 Å². The first-order valence-electron chi connectivity index (χ1n) is 9.85. The van der Waals surface area contributed by atoms with Gasteiger partial charge in [0.1, 0.15) is 5.76 Å². The predicted octanol–water partition coefficient (Wildman–Crippen LogP) is 4.98. The van der Waals surface area contributed by atoms with Crippen LogP contribution in [0, 0.1) is 0 Å². The summed E-state index contributed by atoms with van der Waals surface area (Å²) in [7, 11) is 0. The predicted molar refractivity (Wildman–Crippen MR) is 125 cm³/mol. The molecular formula is C24H22N4O2S. The molecule has 0 spiro atoms. The fourth-order valence-electron chi connectivity index (χ4n) is 3.09. The van der Waals surface area contributed by atoms with E-state index < -0.39 is 0 Å². The first kappa shape index (κ1) is 20.7. The molecule has 0 aliphatic rings. The number of allylic oxidation sites excluding steroid dienone is 1. The zero-order valence-corrected chi connectivity index (χ0v) is 17.9. The summed E-state index contributed by atoms with van der Waals surface area (Å²) in [4.78, 5) is 17.0. The minimum absolute atomic E-state index is 0.189. The van der Waals surface area contributed by atoms with Gasteiger partial charge in [0.05, 0.1) is 35.8 Å². The van der Waals surface area contributed by atoms with Crippen molar-refractivity contribution < 1.29 is 9.21 Å². The van der Waals surface area contributed by atoms with Gasteiger partial charge in [0.2, 0.25) is 0 Å². The molecule has 6 nitrogen and oxygen atoms in total. The van der Waals surface area contributed by atoms with Crippen molar-refractivity contribution >= 4 is 41.0 Å². The summed E-state index contributed by atoms with van der Waals surface area (Å²) < 4.78 is 7.40. The fourth-order valence-corrected chi connectivity index (χ4v) is 3.89. The topological polar surface area (TPSA) is 72.4 Å². The lowest BCUT2D eigenvalue weighted by Gasteiger charge is -2.09. The van der Waals surface area contributed by atoms with Crippen LogP contribution in [0.2, 0.25) is 0 Å². The number of hydrazone groups is 1. The van der Waals surface area contributed by atoms with Crippen LogP contribution in [-0.4, -0.2) is 27.4 Å². The average molecular weight is 431 g/mol. The van der Waals surface area contributed by atoms with Gasteiger partial charge in [0, 0.05) is 0 Å². The normalized spacial score (nSPS) is 12.0. The van der Waals surface area contributed by atoms with Crippen molar-refractivity contribution in [2.75, 3.05) is 5.75 Å². The third-order valence-electron chi connectivity index (χ3n) is 4.51. The zero-order valence-electron chi connectivity index (χ0n) is 17.1. The molecule has 156 valence electrons. The fraction of sp³-hybridized carbons (Fsp3) is 0.125. The number of imidazole rings is 1. The zero-order chi connectivity index (χ0) is 21.5. The highest BCUT2D eigenvalue weighted by Gasteiger charge is 2.13. The highest BCUT2D eigenvalue weighted by atomic mass is 32.2. The Balaban J connectivity index is 1.41. The van der Waals surface area contributed by atoms with Crippen LogP contribution in [0.25, 0.3) is 17.1 Å². The SMILES string of the molecule is CC(/C=N\NC(=O)CSc1nc2ccccc2n1Cc1ccccc1)=C\c1ccco1. The lowest BCUT2D eigenvalue weighted by atomic mass is 10.2. The number of amides is 1. The smallest absolute Gasteiger partial charge is 0.250 e. The summed E-state index contributed by atoms with van der Waals surface area (Å²) in [5.41, 5.74) is 6.58. The monoisotopic (exact) mass is 430 g/mol. The number of rotatable bonds is 8. The van der Waals surface area contributed by atoms with Crippen molar-refractivity contribution in [3.8, 4) is 0 Å². The molecule has 2 heterocycles. The van der Waals surface area contributed by atoms with Crippen molar-refractivity contribution in [1.82, 2.24) is 15.0 Å². The van der Waals surface area contributed by atoms with E-state index in [-0.39, 0.29) is 11.7 Å². The van der Waals surface area contributed by atoms with Gasteiger partial charge in [-0.3, -0.25) is 4.79 Å². The Morgan fingerprint density at radius 3 is 2.74 bits per heavy atom. The van der Waals surface area contributed by atoms with Gasteiger partial charge >= 0.3 is 0 Å². The molecule has 2 aromatic carbocycles. The van der Waals surface area contributed by atoms with E-state index in [1.165, 1.54) is 17.3 Å². The number of hydrogen-bond acceptors (Lipinski definition) is 5. The van der Waals surface area contributed by atoms with E-state index in [2.05, 4.69) is 27.2 Å². The lowest BCUT2D eigenvalue weighted by Crippen LogP contribution is -2.20. The van der Waals surface area contributed by atoms with Gasteiger partial charge < -0.3 is 8.98 Å². The van der Waals surface area contributed by atoms with Gasteiger partial charge in [-0.1, -0.05) is 54.2 Å². The molecule has 0 unspecified atom stereocenters. The average Bonchev–Trinajstić information content (AvgIpc) is 3.41. The van der Waals surface area contributed by atoms with Crippen LogP contribution >= 0.6 is 11.8 Å². The second-order valence-corrected chi connectivity index (χ2v) is 7.88. The molecule has 4 aromatic rings. The molecule has 7 heteroatoms. The number of aromatic nitrogens is 2. The molecule has 0 atom stereocenters. The van der Waals surface area contributed by atoms with E-state index in [0.717, 1.165) is 27.5 Å². The van der Waals surface area contributed by atoms with Gasteiger partial charge in [-0.25, -0.2) is 10.4 Å². The second-order valence-electron chi connectivity index (χ2n) is 6.94. The molecule has 4 rings (SSSR count). The maximum absolute atomic E-state index is 12.3. The number of benzene rings is 2. The van der Waals surface area contributed by atoms with Crippen LogP contribution < -0.4 is 5.43 Å². The minimum atomic E-state index is -0.189. The number of nitrogens with one attached hydrogen (secondary N) is 1. The molecule has 0 aliphatic heterocycles. The Morgan fingerprint density at radius 2 is 1.94 bits per heavy atom. The Morgan fingerprint density at radius 1 is 1.13 bits per heavy atom. The van der Waals surface area contributed by atoms with E-state index in [1.54, 1.807) is 12.5 Å². The van der Waals surface area contributed by atoms with E-state index in [9.17, 15) is 4.79 Å². The summed E-state index contributed by atoms with van der Waals surface area (Å²) in [5, 5.41) is 4.83. The van der Waals surface area contributed by atoms with E-state index >= 15 is 0 Å². The maximum atomic E-state index is 12.3. The largest absolute Gasteiger partial charge is 0.465 e. The second kappa shape index (κ2) is 9.95.